The number of aryl methyl sites for hydroxylation is 2. The first kappa shape index (κ1) is 16.2. The molecule has 0 radical (unpaired) electrons. The highest BCUT2D eigenvalue weighted by atomic mass is 16.6. The summed E-state index contributed by atoms with van der Waals surface area (Å²) in [6, 6.07) is 6.51. The van der Waals surface area contributed by atoms with Gasteiger partial charge in [0.2, 0.25) is 0 Å². The lowest BCUT2D eigenvalue weighted by atomic mass is 9.96. The van der Waals surface area contributed by atoms with E-state index in [4.69, 9.17) is 0 Å². The largest absolute Gasteiger partial charge is 0.414 e. The number of rotatable bonds is 5. The molecule has 0 saturated carbocycles. The number of hydrogen-bond acceptors (Lipinski definition) is 3. The van der Waals surface area contributed by atoms with Gasteiger partial charge in [0, 0.05) is 13.5 Å². The van der Waals surface area contributed by atoms with E-state index in [1.54, 1.807) is 0 Å². The Morgan fingerprint density at radius 3 is 2.55 bits per heavy atom. The molecule has 0 aliphatic carbocycles. The molecule has 0 aliphatic rings. The van der Waals surface area contributed by atoms with Gasteiger partial charge in [-0.25, -0.2) is 4.79 Å². The van der Waals surface area contributed by atoms with Crippen LogP contribution in [0.2, 0.25) is 0 Å². The van der Waals surface area contributed by atoms with Crippen molar-refractivity contribution in [3.8, 4) is 0 Å². The zero-order valence-electron chi connectivity index (χ0n) is 12.7. The summed E-state index contributed by atoms with van der Waals surface area (Å²) >= 11 is 0. The molecular formula is C16H23NO3. The summed E-state index contributed by atoms with van der Waals surface area (Å²) in [4.78, 5) is 22.2. The van der Waals surface area contributed by atoms with Crippen molar-refractivity contribution in [2.45, 2.75) is 46.0 Å². The Balaban J connectivity index is 2.50. The predicted octanol–water partition coefficient (Wildman–Crippen LogP) is 3.32. The van der Waals surface area contributed by atoms with Crippen LogP contribution in [0.15, 0.2) is 18.2 Å². The van der Waals surface area contributed by atoms with Gasteiger partial charge in [0.25, 0.3) is 0 Å². The zero-order valence-corrected chi connectivity index (χ0v) is 12.7. The normalized spacial score (nSPS) is 10.4. The molecule has 1 amide bonds. The zero-order chi connectivity index (χ0) is 15.1. The molecular weight excluding hydrogens is 254 g/mol. The van der Waals surface area contributed by atoms with E-state index < -0.39 is 12.1 Å². The second-order valence-electron chi connectivity index (χ2n) is 5.27. The summed E-state index contributed by atoms with van der Waals surface area (Å²) in [5, 5.41) is 2.25. The highest BCUT2D eigenvalue weighted by Gasteiger charge is 2.09. The van der Waals surface area contributed by atoms with Crippen molar-refractivity contribution in [3.63, 3.8) is 0 Å². The van der Waals surface area contributed by atoms with Crippen LogP contribution in [0.1, 0.15) is 49.3 Å². The standard InChI is InChI=1S/C16H23NO3/c1-11(2)14-9-12(3)8-13(10-14)6-5-7-15(18)20-16(19)17-4/h8-11H,5-7H2,1-4H3,(H,17,19). The number of esters is 1. The molecule has 0 spiro atoms. The van der Waals surface area contributed by atoms with Crippen LogP contribution < -0.4 is 5.32 Å². The molecule has 0 saturated heterocycles. The highest BCUT2D eigenvalue weighted by molar-refractivity contribution is 5.84. The molecule has 20 heavy (non-hydrogen) atoms. The van der Waals surface area contributed by atoms with Crippen molar-refractivity contribution in [1.29, 1.82) is 0 Å². The van der Waals surface area contributed by atoms with E-state index in [1.165, 1.54) is 23.7 Å². The summed E-state index contributed by atoms with van der Waals surface area (Å²) in [5.41, 5.74) is 3.77. The maximum absolute atomic E-state index is 11.4. The van der Waals surface area contributed by atoms with Gasteiger partial charge in [0.15, 0.2) is 0 Å². The first-order chi connectivity index (χ1) is 9.42. The minimum Gasteiger partial charge on any atom is -0.376 e. The molecule has 0 bridgehead atoms. The number of ether oxygens (including phenoxy) is 1. The number of alkyl carbamates (subject to hydrolysis) is 1. The Labute approximate surface area is 120 Å². The minimum atomic E-state index is -0.701. The molecule has 1 rings (SSSR count). The Hall–Kier alpha value is -1.84. The van der Waals surface area contributed by atoms with Crippen LogP contribution in [0.25, 0.3) is 0 Å². The van der Waals surface area contributed by atoms with E-state index in [1.807, 2.05) is 0 Å². The molecule has 110 valence electrons. The number of carbonyl (C=O) groups is 2. The molecule has 1 N–H and O–H groups in total. The first-order valence-corrected chi connectivity index (χ1v) is 6.95. The lowest BCUT2D eigenvalue weighted by Gasteiger charge is -2.10. The van der Waals surface area contributed by atoms with Crippen LogP contribution in [0.5, 0.6) is 0 Å². The van der Waals surface area contributed by atoms with Crippen molar-refractivity contribution < 1.29 is 14.3 Å². The average Bonchev–Trinajstić information content (AvgIpc) is 2.37. The quantitative estimate of drug-likeness (QED) is 0.663. The molecule has 1 aromatic carbocycles. The second kappa shape index (κ2) is 7.68. The molecule has 4 nitrogen and oxygen atoms in total. The van der Waals surface area contributed by atoms with Gasteiger partial charge < -0.3 is 10.1 Å². The lowest BCUT2D eigenvalue weighted by Crippen LogP contribution is -2.22. The third-order valence-corrected chi connectivity index (χ3v) is 3.08. The molecule has 0 aromatic heterocycles. The molecule has 4 heteroatoms. The molecule has 0 heterocycles. The maximum atomic E-state index is 11.4. The van der Waals surface area contributed by atoms with Crippen molar-refractivity contribution in [3.05, 3.63) is 34.9 Å². The van der Waals surface area contributed by atoms with Crippen molar-refractivity contribution in [2.75, 3.05) is 7.05 Å². The molecule has 0 atom stereocenters. The van der Waals surface area contributed by atoms with E-state index >= 15 is 0 Å². The number of hydrogen-bond donors (Lipinski definition) is 1. The molecule has 1 aromatic rings. The summed E-state index contributed by atoms with van der Waals surface area (Å²) in [7, 11) is 1.43. The van der Waals surface area contributed by atoms with Crippen LogP contribution in [-0.4, -0.2) is 19.1 Å². The van der Waals surface area contributed by atoms with Gasteiger partial charge in [-0.05, 0) is 36.8 Å². The van der Waals surface area contributed by atoms with Crippen LogP contribution in [0.4, 0.5) is 4.79 Å². The van der Waals surface area contributed by atoms with Crippen molar-refractivity contribution in [1.82, 2.24) is 5.32 Å². The topological polar surface area (TPSA) is 55.4 Å². The van der Waals surface area contributed by atoms with E-state index in [-0.39, 0.29) is 6.42 Å². The summed E-state index contributed by atoms with van der Waals surface area (Å²) in [6.45, 7) is 6.41. The Kier molecular flexibility index (Phi) is 6.22. The summed E-state index contributed by atoms with van der Waals surface area (Å²) in [6.07, 6.45) is 1.03. The third-order valence-electron chi connectivity index (χ3n) is 3.08. The van der Waals surface area contributed by atoms with Crippen LogP contribution in [0.3, 0.4) is 0 Å². The fraction of sp³-hybridized carbons (Fsp3) is 0.500. The Morgan fingerprint density at radius 2 is 1.95 bits per heavy atom. The molecule has 0 fully saturated rings. The van der Waals surface area contributed by atoms with Gasteiger partial charge in [0.05, 0.1) is 0 Å². The number of amides is 1. The lowest BCUT2D eigenvalue weighted by molar-refractivity contribution is -0.137. The van der Waals surface area contributed by atoms with Crippen molar-refractivity contribution in [2.24, 2.45) is 0 Å². The average molecular weight is 277 g/mol. The Bertz CT molecular complexity index is 481. The smallest absolute Gasteiger partial charge is 0.376 e. The first-order valence-electron chi connectivity index (χ1n) is 6.95. The van der Waals surface area contributed by atoms with Gasteiger partial charge in [-0.3, -0.25) is 4.79 Å². The van der Waals surface area contributed by atoms with E-state index in [0.717, 1.165) is 6.42 Å². The van der Waals surface area contributed by atoms with Gasteiger partial charge in [0.1, 0.15) is 0 Å². The maximum Gasteiger partial charge on any atom is 0.414 e. The fourth-order valence-corrected chi connectivity index (χ4v) is 2.01. The minimum absolute atomic E-state index is 0.248. The van der Waals surface area contributed by atoms with E-state index in [2.05, 4.69) is 49.0 Å². The van der Waals surface area contributed by atoms with Crippen molar-refractivity contribution >= 4 is 12.1 Å². The monoisotopic (exact) mass is 277 g/mol. The van der Waals surface area contributed by atoms with Crippen LogP contribution >= 0.6 is 0 Å². The predicted molar refractivity (Wildman–Crippen MR) is 78.8 cm³/mol. The SMILES string of the molecule is CNC(=O)OC(=O)CCCc1cc(C)cc(C(C)C)c1. The summed E-state index contributed by atoms with van der Waals surface area (Å²) in [5.74, 6) is 0.00736. The van der Waals surface area contributed by atoms with Gasteiger partial charge in [-0.1, -0.05) is 37.6 Å². The molecule has 0 unspecified atom stereocenters. The van der Waals surface area contributed by atoms with E-state index in [0.29, 0.717) is 12.3 Å². The summed E-state index contributed by atoms with van der Waals surface area (Å²) < 4.78 is 4.53. The second-order valence-corrected chi connectivity index (χ2v) is 5.27. The number of benzene rings is 1. The van der Waals surface area contributed by atoms with Gasteiger partial charge >= 0.3 is 12.1 Å². The third kappa shape index (κ3) is 5.43. The Morgan fingerprint density at radius 1 is 1.25 bits per heavy atom. The van der Waals surface area contributed by atoms with Crippen LogP contribution in [0, 0.1) is 6.92 Å². The number of carbonyl (C=O) groups excluding carboxylic acids is 2. The van der Waals surface area contributed by atoms with E-state index in [9.17, 15) is 9.59 Å². The number of nitrogens with one attached hydrogen (secondary N) is 1. The fourth-order valence-electron chi connectivity index (χ4n) is 2.01. The highest BCUT2D eigenvalue weighted by Crippen LogP contribution is 2.19. The molecule has 0 aliphatic heterocycles. The van der Waals surface area contributed by atoms with Crippen LogP contribution in [-0.2, 0) is 16.0 Å². The van der Waals surface area contributed by atoms with Gasteiger partial charge in [-0.15, -0.1) is 0 Å². The van der Waals surface area contributed by atoms with Gasteiger partial charge in [-0.2, -0.15) is 0 Å².